The first-order valence-electron chi connectivity index (χ1n) is 6.33. The van der Waals surface area contributed by atoms with Crippen LogP contribution in [0.3, 0.4) is 0 Å². The molecule has 4 heteroatoms. The fourth-order valence-corrected chi connectivity index (χ4v) is 2.11. The first-order valence-corrected chi connectivity index (χ1v) is 6.71. The zero-order valence-electron chi connectivity index (χ0n) is 11.5. The summed E-state index contributed by atoms with van der Waals surface area (Å²) in [5.74, 6) is 1.30. The number of benzene rings is 2. The normalized spacial score (nSPS) is 12.0. The Morgan fingerprint density at radius 2 is 2.00 bits per heavy atom. The highest BCUT2D eigenvalue weighted by molar-refractivity contribution is 6.30. The monoisotopic (exact) mass is 292 g/mol. The molecule has 3 nitrogen and oxygen atoms in total. The van der Waals surface area contributed by atoms with Gasteiger partial charge in [0, 0.05) is 16.7 Å². The van der Waals surface area contributed by atoms with Crippen molar-refractivity contribution in [3.8, 4) is 11.5 Å². The molecule has 2 rings (SSSR count). The number of hydrogen-bond donors (Lipinski definition) is 1. The van der Waals surface area contributed by atoms with Crippen molar-refractivity contribution in [1.82, 2.24) is 0 Å². The lowest BCUT2D eigenvalue weighted by Crippen LogP contribution is -2.01. The van der Waals surface area contributed by atoms with Crippen LogP contribution in [0.15, 0.2) is 42.5 Å². The molecule has 0 spiro atoms. The zero-order chi connectivity index (χ0) is 14.5. The molecule has 0 aliphatic carbocycles. The van der Waals surface area contributed by atoms with E-state index < -0.39 is 6.10 Å². The van der Waals surface area contributed by atoms with Gasteiger partial charge in [-0.1, -0.05) is 23.7 Å². The van der Waals surface area contributed by atoms with Crippen molar-refractivity contribution in [2.75, 3.05) is 7.11 Å². The predicted octanol–water partition coefficient (Wildman–Crippen LogP) is 3.98. The molecular formula is C16H17ClO3. The van der Waals surface area contributed by atoms with Gasteiger partial charge in [0.25, 0.3) is 0 Å². The smallest absolute Gasteiger partial charge is 0.129 e. The van der Waals surface area contributed by atoms with E-state index in [-0.39, 0.29) is 0 Å². The van der Waals surface area contributed by atoms with Crippen molar-refractivity contribution in [3.05, 3.63) is 58.6 Å². The first kappa shape index (κ1) is 14.7. The Labute approximate surface area is 123 Å². The summed E-state index contributed by atoms with van der Waals surface area (Å²) in [7, 11) is 1.60. The molecule has 0 radical (unpaired) electrons. The van der Waals surface area contributed by atoms with Crippen LogP contribution >= 0.6 is 11.6 Å². The second-order valence-electron chi connectivity index (χ2n) is 4.50. The maximum absolute atomic E-state index is 9.77. The minimum atomic E-state index is -0.602. The second kappa shape index (κ2) is 6.64. The summed E-state index contributed by atoms with van der Waals surface area (Å²) in [6, 6.07) is 12.9. The van der Waals surface area contributed by atoms with Gasteiger partial charge in [-0.25, -0.2) is 0 Å². The van der Waals surface area contributed by atoms with Gasteiger partial charge in [-0.15, -0.1) is 0 Å². The number of halogens is 1. The standard InChI is InChI=1S/C16H17ClO3/c1-11(18)15-7-6-14(19-2)9-16(15)20-10-12-4-3-5-13(17)8-12/h3-9,11,18H,10H2,1-2H3. The molecule has 2 aromatic carbocycles. The van der Waals surface area contributed by atoms with Crippen LogP contribution in [-0.4, -0.2) is 12.2 Å². The van der Waals surface area contributed by atoms with Gasteiger partial charge in [-0.05, 0) is 36.8 Å². The lowest BCUT2D eigenvalue weighted by atomic mass is 10.1. The molecule has 2 aromatic rings. The Kier molecular flexibility index (Phi) is 4.88. The third-order valence-corrected chi connectivity index (χ3v) is 3.19. The van der Waals surface area contributed by atoms with Gasteiger partial charge >= 0.3 is 0 Å². The Morgan fingerprint density at radius 3 is 2.65 bits per heavy atom. The minimum Gasteiger partial charge on any atom is -0.497 e. The highest BCUT2D eigenvalue weighted by Gasteiger charge is 2.11. The SMILES string of the molecule is COc1ccc(C(C)O)c(OCc2cccc(Cl)c2)c1. The van der Waals surface area contributed by atoms with E-state index in [1.807, 2.05) is 24.3 Å². The topological polar surface area (TPSA) is 38.7 Å². The van der Waals surface area contributed by atoms with Gasteiger partial charge in [0.1, 0.15) is 18.1 Å². The maximum Gasteiger partial charge on any atom is 0.129 e. The van der Waals surface area contributed by atoms with Gasteiger partial charge in [-0.2, -0.15) is 0 Å². The highest BCUT2D eigenvalue weighted by atomic mass is 35.5. The summed E-state index contributed by atoms with van der Waals surface area (Å²) < 4.78 is 11.0. The summed E-state index contributed by atoms with van der Waals surface area (Å²) in [5.41, 5.74) is 1.70. The zero-order valence-corrected chi connectivity index (χ0v) is 12.2. The van der Waals surface area contributed by atoms with Crippen LogP contribution in [0.2, 0.25) is 5.02 Å². The van der Waals surface area contributed by atoms with E-state index in [1.165, 1.54) is 0 Å². The largest absolute Gasteiger partial charge is 0.497 e. The Bertz CT molecular complexity index is 582. The fraction of sp³-hybridized carbons (Fsp3) is 0.250. The Balaban J connectivity index is 2.19. The van der Waals surface area contributed by atoms with Crippen molar-refractivity contribution in [2.24, 2.45) is 0 Å². The van der Waals surface area contributed by atoms with Gasteiger partial charge in [0.2, 0.25) is 0 Å². The molecule has 20 heavy (non-hydrogen) atoms. The average molecular weight is 293 g/mol. The predicted molar refractivity (Wildman–Crippen MR) is 79.4 cm³/mol. The summed E-state index contributed by atoms with van der Waals surface area (Å²) in [6.45, 7) is 2.08. The van der Waals surface area contributed by atoms with Crippen LogP contribution < -0.4 is 9.47 Å². The molecule has 0 aliphatic rings. The van der Waals surface area contributed by atoms with Crippen LogP contribution in [0, 0.1) is 0 Å². The van der Waals surface area contributed by atoms with Gasteiger partial charge in [-0.3, -0.25) is 0 Å². The van der Waals surface area contributed by atoms with Crippen LogP contribution in [0.5, 0.6) is 11.5 Å². The van der Waals surface area contributed by atoms with E-state index in [1.54, 1.807) is 32.2 Å². The number of aliphatic hydroxyl groups is 1. The van der Waals surface area contributed by atoms with Gasteiger partial charge in [0.05, 0.1) is 13.2 Å². The molecule has 0 amide bonds. The lowest BCUT2D eigenvalue weighted by Gasteiger charge is -2.15. The molecule has 1 unspecified atom stereocenters. The molecule has 0 bridgehead atoms. The molecule has 1 N–H and O–H groups in total. The lowest BCUT2D eigenvalue weighted by molar-refractivity contribution is 0.190. The molecule has 0 fully saturated rings. The van der Waals surface area contributed by atoms with E-state index in [4.69, 9.17) is 21.1 Å². The number of aliphatic hydroxyl groups excluding tert-OH is 1. The third kappa shape index (κ3) is 3.65. The quantitative estimate of drug-likeness (QED) is 0.906. The van der Waals surface area contributed by atoms with Crippen molar-refractivity contribution in [2.45, 2.75) is 19.6 Å². The van der Waals surface area contributed by atoms with Gasteiger partial charge < -0.3 is 14.6 Å². The molecule has 0 heterocycles. The van der Waals surface area contributed by atoms with E-state index >= 15 is 0 Å². The first-order chi connectivity index (χ1) is 9.60. The van der Waals surface area contributed by atoms with Crippen molar-refractivity contribution in [3.63, 3.8) is 0 Å². The summed E-state index contributed by atoms with van der Waals surface area (Å²) in [5, 5.41) is 10.4. The van der Waals surface area contributed by atoms with E-state index in [9.17, 15) is 5.11 Å². The van der Waals surface area contributed by atoms with Crippen LogP contribution in [0.4, 0.5) is 0 Å². The van der Waals surface area contributed by atoms with Crippen LogP contribution in [0.25, 0.3) is 0 Å². The number of methoxy groups -OCH3 is 1. The van der Waals surface area contributed by atoms with E-state index in [2.05, 4.69) is 0 Å². The number of rotatable bonds is 5. The third-order valence-electron chi connectivity index (χ3n) is 2.95. The van der Waals surface area contributed by atoms with E-state index in [0.29, 0.717) is 23.1 Å². The average Bonchev–Trinajstić information content (AvgIpc) is 2.44. The molecule has 0 saturated heterocycles. The molecule has 106 valence electrons. The molecule has 0 aromatic heterocycles. The summed E-state index contributed by atoms with van der Waals surface area (Å²) >= 11 is 5.94. The Hall–Kier alpha value is -1.71. The van der Waals surface area contributed by atoms with Gasteiger partial charge in [0.15, 0.2) is 0 Å². The molecule has 0 aliphatic heterocycles. The summed E-state index contributed by atoms with van der Waals surface area (Å²) in [6.07, 6.45) is -0.602. The van der Waals surface area contributed by atoms with Crippen molar-refractivity contribution in [1.29, 1.82) is 0 Å². The minimum absolute atomic E-state index is 0.382. The van der Waals surface area contributed by atoms with Crippen molar-refractivity contribution < 1.29 is 14.6 Å². The highest BCUT2D eigenvalue weighted by Crippen LogP contribution is 2.30. The number of ether oxygens (including phenoxy) is 2. The molecule has 1 atom stereocenters. The fourth-order valence-electron chi connectivity index (χ4n) is 1.90. The van der Waals surface area contributed by atoms with E-state index in [0.717, 1.165) is 11.1 Å². The van der Waals surface area contributed by atoms with Crippen LogP contribution in [-0.2, 0) is 6.61 Å². The summed E-state index contributed by atoms with van der Waals surface area (Å²) in [4.78, 5) is 0. The number of hydrogen-bond acceptors (Lipinski definition) is 3. The molecular weight excluding hydrogens is 276 g/mol. The maximum atomic E-state index is 9.77. The van der Waals surface area contributed by atoms with Crippen LogP contribution in [0.1, 0.15) is 24.2 Å². The second-order valence-corrected chi connectivity index (χ2v) is 4.93. The van der Waals surface area contributed by atoms with Crippen molar-refractivity contribution >= 4 is 11.6 Å². The Morgan fingerprint density at radius 1 is 1.20 bits per heavy atom. The molecule has 0 saturated carbocycles.